The Hall–Kier alpha value is -2.37. The lowest BCUT2D eigenvalue weighted by molar-refractivity contribution is -0.133. The molecule has 6 nitrogen and oxygen atoms in total. The zero-order valence-corrected chi connectivity index (χ0v) is 14.1. The number of anilines is 1. The molecule has 0 saturated carbocycles. The zero-order chi connectivity index (χ0) is 17.4. The van der Waals surface area contributed by atoms with Gasteiger partial charge in [0, 0.05) is 45.1 Å². The smallest absolute Gasteiger partial charge is 0.226 e. The van der Waals surface area contributed by atoms with Gasteiger partial charge in [-0.15, -0.1) is 0 Å². The Bertz CT molecular complexity index is 601. The minimum atomic E-state index is -0.110. The predicted octanol–water partition coefficient (Wildman–Crippen LogP) is 1.71. The van der Waals surface area contributed by atoms with Crippen molar-refractivity contribution in [3.63, 3.8) is 0 Å². The number of amides is 3. The van der Waals surface area contributed by atoms with Crippen molar-refractivity contribution in [2.75, 3.05) is 25.5 Å². The van der Waals surface area contributed by atoms with E-state index in [1.165, 1.54) is 0 Å². The monoisotopic (exact) mass is 331 g/mol. The number of nitrogens with one attached hydrogen (secondary N) is 2. The fourth-order valence-corrected chi connectivity index (χ4v) is 2.78. The number of hydrogen-bond donors (Lipinski definition) is 2. The van der Waals surface area contributed by atoms with Gasteiger partial charge < -0.3 is 15.5 Å². The van der Waals surface area contributed by atoms with Crippen LogP contribution in [-0.4, -0.2) is 42.8 Å². The van der Waals surface area contributed by atoms with Crippen LogP contribution in [0.5, 0.6) is 0 Å². The standard InChI is InChI=1S/C18H25N3O3/c1-19-16(22)10-9-14-6-2-3-7-15(14)20-17(23)11-13-21-12-5-4-8-18(21)24/h2-3,6-7H,4-5,8-13H2,1H3,(H,19,22)(H,20,23). The van der Waals surface area contributed by atoms with E-state index in [0.29, 0.717) is 25.8 Å². The number of nitrogens with zero attached hydrogens (tertiary/aromatic N) is 1. The molecule has 1 heterocycles. The fraction of sp³-hybridized carbons (Fsp3) is 0.500. The van der Waals surface area contributed by atoms with Gasteiger partial charge in [0.1, 0.15) is 0 Å². The summed E-state index contributed by atoms with van der Waals surface area (Å²) in [5.74, 6) is 0.000496. The molecule has 1 saturated heterocycles. The van der Waals surface area contributed by atoms with Crippen molar-refractivity contribution in [1.82, 2.24) is 10.2 Å². The van der Waals surface area contributed by atoms with Gasteiger partial charge in [-0.05, 0) is 30.9 Å². The highest BCUT2D eigenvalue weighted by Gasteiger charge is 2.18. The fourth-order valence-electron chi connectivity index (χ4n) is 2.78. The molecule has 0 unspecified atom stereocenters. The molecule has 1 fully saturated rings. The largest absolute Gasteiger partial charge is 0.359 e. The Kier molecular flexibility index (Phi) is 6.78. The number of carbonyl (C=O) groups excluding carboxylic acids is 3. The summed E-state index contributed by atoms with van der Waals surface area (Å²) in [5, 5.41) is 5.49. The van der Waals surface area contributed by atoms with Gasteiger partial charge in [0.15, 0.2) is 0 Å². The molecule has 0 radical (unpaired) electrons. The number of piperidine rings is 1. The Morgan fingerprint density at radius 3 is 2.67 bits per heavy atom. The highest BCUT2D eigenvalue weighted by atomic mass is 16.2. The van der Waals surface area contributed by atoms with Gasteiger partial charge in [0.25, 0.3) is 0 Å². The van der Waals surface area contributed by atoms with Crippen molar-refractivity contribution < 1.29 is 14.4 Å². The molecule has 0 spiro atoms. The summed E-state index contributed by atoms with van der Waals surface area (Å²) in [4.78, 5) is 37.1. The summed E-state index contributed by atoms with van der Waals surface area (Å²) < 4.78 is 0. The molecular weight excluding hydrogens is 306 g/mol. The quantitative estimate of drug-likeness (QED) is 0.798. The van der Waals surface area contributed by atoms with E-state index in [1.807, 2.05) is 24.3 Å². The van der Waals surface area contributed by atoms with Crippen LogP contribution in [0.15, 0.2) is 24.3 Å². The van der Waals surface area contributed by atoms with E-state index >= 15 is 0 Å². The van der Waals surface area contributed by atoms with Crippen LogP contribution in [0.3, 0.4) is 0 Å². The first-order chi connectivity index (χ1) is 11.6. The molecule has 0 aliphatic carbocycles. The van der Waals surface area contributed by atoms with Crippen molar-refractivity contribution in [3.05, 3.63) is 29.8 Å². The maximum Gasteiger partial charge on any atom is 0.226 e. The first-order valence-corrected chi connectivity index (χ1v) is 8.46. The minimum Gasteiger partial charge on any atom is -0.359 e. The van der Waals surface area contributed by atoms with Crippen molar-refractivity contribution in [1.29, 1.82) is 0 Å². The van der Waals surface area contributed by atoms with E-state index in [4.69, 9.17) is 0 Å². The van der Waals surface area contributed by atoms with Gasteiger partial charge in [-0.3, -0.25) is 14.4 Å². The molecule has 6 heteroatoms. The van der Waals surface area contributed by atoms with Crippen molar-refractivity contribution in [3.8, 4) is 0 Å². The Balaban J connectivity index is 1.86. The molecule has 0 aromatic heterocycles. The van der Waals surface area contributed by atoms with Gasteiger partial charge >= 0.3 is 0 Å². The highest BCUT2D eigenvalue weighted by Crippen LogP contribution is 2.17. The molecule has 1 aromatic carbocycles. The third kappa shape index (κ3) is 5.37. The van der Waals surface area contributed by atoms with E-state index in [9.17, 15) is 14.4 Å². The van der Waals surface area contributed by atoms with Crippen LogP contribution in [0, 0.1) is 0 Å². The van der Waals surface area contributed by atoms with E-state index in [-0.39, 0.29) is 24.1 Å². The maximum atomic E-state index is 12.2. The number of benzene rings is 1. The summed E-state index contributed by atoms with van der Waals surface area (Å²) in [6, 6.07) is 7.49. The van der Waals surface area contributed by atoms with Crippen molar-refractivity contribution in [2.24, 2.45) is 0 Å². The number of aryl methyl sites for hydroxylation is 1. The molecule has 0 atom stereocenters. The number of para-hydroxylation sites is 1. The zero-order valence-electron chi connectivity index (χ0n) is 14.1. The lowest BCUT2D eigenvalue weighted by Gasteiger charge is -2.26. The summed E-state index contributed by atoms with van der Waals surface area (Å²) in [6.45, 7) is 1.21. The maximum absolute atomic E-state index is 12.2. The molecule has 3 amide bonds. The second-order valence-corrected chi connectivity index (χ2v) is 5.97. The van der Waals surface area contributed by atoms with Crippen LogP contribution >= 0.6 is 0 Å². The average Bonchev–Trinajstić information content (AvgIpc) is 2.60. The second-order valence-electron chi connectivity index (χ2n) is 5.97. The Morgan fingerprint density at radius 1 is 1.12 bits per heavy atom. The molecule has 130 valence electrons. The number of rotatable bonds is 7. The first-order valence-electron chi connectivity index (χ1n) is 8.46. The first kappa shape index (κ1) is 18.0. The Labute approximate surface area is 142 Å². The van der Waals surface area contributed by atoms with E-state index in [1.54, 1.807) is 11.9 Å². The Morgan fingerprint density at radius 2 is 1.92 bits per heavy atom. The average molecular weight is 331 g/mol. The molecular formula is C18H25N3O3. The number of likely N-dealkylation sites (tertiary alicyclic amines) is 1. The van der Waals surface area contributed by atoms with Crippen LogP contribution < -0.4 is 10.6 Å². The summed E-state index contributed by atoms with van der Waals surface area (Å²) in [5.41, 5.74) is 1.67. The van der Waals surface area contributed by atoms with Crippen LogP contribution in [0.1, 0.15) is 37.7 Å². The summed E-state index contributed by atoms with van der Waals surface area (Å²) in [6.07, 6.45) is 3.78. The topological polar surface area (TPSA) is 78.5 Å². The molecule has 2 N–H and O–H groups in total. The van der Waals surface area contributed by atoms with Crippen molar-refractivity contribution >= 4 is 23.4 Å². The molecule has 0 bridgehead atoms. The SMILES string of the molecule is CNC(=O)CCc1ccccc1NC(=O)CCN1CCCCC1=O. The molecule has 2 rings (SSSR count). The van der Waals surface area contributed by atoms with Crippen LogP contribution in [0.25, 0.3) is 0 Å². The predicted molar refractivity (Wildman–Crippen MR) is 92.5 cm³/mol. The summed E-state index contributed by atoms with van der Waals surface area (Å²) >= 11 is 0. The van der Waals surface area contributed by atoms with Gasteiger partial charge in [-0.1, -0.05) is 18.2 Å². The van der Waals surface area contributed by atoms with E-state index in [0.717, 1.165) is 30.6 Å². The molecule has 1 aromatic rings. The van der Waals surface area contributed by atoms with Gasteiger partial charge in [0.2, 0.25) is 17.7 Å². The second kappa shape index (κ2) is 9.05. The van der Waals surface area contributed by atoms with Crippen molar-refractivity contribution in [2.45, 2.75) is 38.5 Å². The van der Waals surface area contributed by atoms with Gasteiger partial charge in [-0.2, -0.15) is 0 Å². The van der Waals surface area contributed by atoms with Crippen LogP contribution in [-0.2, 0) is 20.8 Å². The normalized spacial score (nSPS) is 14.4. The third-order valence-electron chi connectivity index (χ3n) is 4.22. The molecule has 24 heavy (non-hydrogen) atoms. The third-order valence-corrected chi connectivity index (χ3v) is 4.22. The minimum absolute atomic E-state index is 0.0280. The molecule has 1 aliphatic rings. The molecule has 1 aliphatic heterocycles. The van der Waals surface area contributed by atoms with Gasteiger partial charge in [0.05, 0.1) is 0 Å². The van der Waals surface area contributed by atoms with E-state index in [2.05, 4.69) is 10.6 Å². The van der Waals surface area contributed by atoms with Gasteiger partial charge in [-0.25, -0.2) is 0 Å². The summed E-state index contributed by atoms with van der Waals surface area (Å²) in [7, 11) is 1.61. The van der Waals surface area contributed by atoms with E-state index < -0.39 is 0 Å². The number of hydrogen-bond acceptors (Lipinski definition) is 3. The number of carbonyl (C=O) groups is 3. The highest BCUT2D eigenvalue weighted by molar-refractivity contribution is 5.92. The van der Waals surface area contributed by atoms with Crippen LogP contribution in [0.2, 0.25) is 0 Å². The van der Waals surface area contributed by atoms with Crippen LogP contribution in [0.4, 0.5) is 5.69 Å². The lowest BCUT2D eigenvalue weighted by atomic mass is 10.1. The lowest BCUT2D eigenvalue weighted by Crippen LogP contribution is -2.37.